The number of rotatable bonds is 4. The molecule has 0 aliphatic carbocycles. The van der Waals surface area contributed by atoms with Gasteiger partial charge in [0.1, 0.15) is 6.07 Å². The summed E-state index contributed by atoms with van der Waals surface area (Å²) in [5, 5.41) is 12.3. The maximum absolute atomic E-state index is 12.8. The molecular formula is C14H18ClN3O2S. The van der Waals surface area contributed by atoms with Crippen LogP contribution in [0.1, 0.15) is 25.3 Å². The number of piperidine rings is 1. The number of benzene rings is 1. The molecule has 1 unspecified atom stereocenters. The van der Waals surface area contributed by atoms with Gasteiger partial charge in [-0.3, -0.25) is 0 Å². The highest BCUT2D eigenvalue weighted by atomic mass is 35.5. The second kappa shape index (κ2) is 6.75. The van der Waals surface area contributed by atoms with Crippen molar-refractivity contribution in [2.24, 2.45) is 0 Å². The van der Waals surface area contributed by atoms with E-state index in [9.17, 15) is 8.42 Å². The van der Waals surface area contributed by atoms with E-state index in [1.807, 2.05) is 13.0 Å². The molecule has 1 atom stereocenters. The first-order chi connectivity index (χ1) is 10.0. The highest BCUT2D eigenvalue weighted by molar-refractivity contribution is 7.89. The normalized spacial score (nSPS) is 19.4. The first-order valence-corrected chi connectivity index (χ1v) is 8.74. The van der Waals surface area contributed by atoms with Gasteiger partial charge in [-0.25, -0.2) is 8.42 Å². The lowest BCUT2D eigenvalue weighted by atomic mass is 10.1. The molecular weight excluding hydrogens is 310 g/mol. The van der Waals surface area contributed by atoms with Gasteiger partial charge in [-0.15, -0.1) is 0 Å². The Morgan fingerprint density at radius 1 is 1.52 bits per heavy atom. The third-order valence-corrected chi connectivity index (χ3v) is 5.99. The quantitative estimate of drug-likeness (QED) is 0.917. The fraction of sp³-hybridized carbons (Fsp3) is 0.500. The minimum atomic E-state index is -3.60. The smallest absolute Gasteiger partial charge is 0.243 e. The summed E-state index contributed by atoms with van der Waals surface area (Å²) in [7, 11) is -3.60. The summed E-state index contributed by atoms with van der Waals surface area (Å²) < 4.78 is 27.1. The van der Waals surface area contributed by atoms with E-state index in [1.165, 1.54) is 22.5 Å². The molecule has 7 heteroatoms. The molecule has 0 spiro atoms. The van der Waals surface area contributed by atoms with E-state index in [1.54, 1.807) is 0 Å². The summed E-state index contributed by atoms with van der Waals surface area (Å²) in [5.41, 5.74) is 0.276. The van der Waals surface area contributed by atoms with Crippen molar-refractivity contribution in [3.8, 4) is 6.07 Å². The van der Waals surface area contributed by atoms with E-state index in [0.29, 0.717) is 13.1 Å². The Hall–Kier alpha value is -1.13. The topological polar surface area (TPSA) is 73.2 Å². The van der Waals surface area contributed by atoms with Crippen molar-refractivity contribution in [2.75, 3.05) is 19.6 Å². The lowest BCUT2D eigenvalue weighted by Gasteiger charge is -2.33. The zero-order chi connectivity index (χ0) is 15.5. The SMILES string of the molecule is CCN(C1CCCNC1)S(=O)(=O)c1ccc(C#N)c(Cl)c1. The molecule has 0 saturated carbocycles. The van der Waals surface area contributed by atoms with Crippen LogP contribution in [-0.2, 0) is 10.0 Å². The summed E-state index contributed by atoms with van der Waals surface area (Å²) in [6.07, 6.45) is 1.81. The average molecular weight is 328 g/mol. The molecule has 5 nitrogen and oxygen atoms in total. The van der Waals surface area contributed by atoms with Crippen LogP contribution < -0.4 is 5.32 Å². The fourth-order valence-electron chi connectivity index (χ4n) is 2.59. The first kappa shape index (κ1) is 16.2. The van der Waals surface area contributed by atoms with Gasteiger partial charge in [0.25, 0.3) is 0 Å². The summed E-state index contributed by atoms with van der Waals surface area (Å²) in [6, 6.07) is 6.14. The van der Waals surface area contributed by atoms with Crippen LogP contribution in [0.3, 0.4) is 0 Å². The van der Waals surface area contributed by atoms with Gasteiger partial charge in [0.2, 0.25) is 10.0 Å². The van der Waals surface area contributed by atoms with Crippen molar-refractivity contribution < 1.29 is 8.42 Å². The van der Waals surface area contributed by atoms with Crippen molar-refractivity contribution >= 4 is 21.6 Å². The Labute approximate surface area is 130 Å². The zero-order valence-electron chi connectivity index (χ0n) is 11.8. The largest absolute Gasteiger partial charge is 0.315 e. The van der Waals surface area contributed by atoms with Crippen molar-refractivity contribution in [3.63, 3.8) is 0 Å². The highest BCUT2D eigenvalue weighted by Gasteiger charge is 2.31. The van der Waals surface area contributed by atoms with Crippen LogP contribution in [0.2, 0.25) is 5.02 Å². The van der Waals surface area contributed by atoms with Gasteiger partial charge in [-0.05, 0) is 37.6 Å². The second-order valence-electron chi connectivity index (χ2n) is 4.96. The van der Waals surface area contributed by atoms with Crippen LogP contribution in [0.5, 0.6) is 0 Å². The minimum absolute atomic E-state index is 0.0387. The minimum Gasteiger partial charge on any atom is -0.315 e. The number of likely N-dealkylation sites (N-methyl/N-ethyl adjacent to an activating group) is 1. The molecule has 21 heavy (non-hydrogen) atoms. The standard InChI is InChI=1S/C14H18ClN3O2S/c1-2-18(12-4-3-7-17-10-12)21(19,20)13-6-5-11(9-16)14(15)8-13/h5-6,8,12,17H,2-4,7,10H2,1H3. The molecule has 1 aromatic rings. The molecule has 1 aliphatic rings. The lowest BCUT2D eigenvalue weighted by Crippen LogP contribution is -2.48. The molecule has 114 valence electrons. The molecule has 1 fully saturated rings. The number of nitrogens with one attached hydrogen (secondary N) is 1. The van der Waals surface area contributed by atoms with Crippen LogP contribution in [0.4, 0.5) is 0 Å². The maximum Gasteiger partial charge on any atom is 0.243 e. The molecule has 1 aliphatic heterocycles. The van der Waals surface area contributed by atoms with Crippen LogP contribution in [0.25, 0.3) is 0 Å². The van der Waals surface area contributed by atoms with Crippen LogP contribution in [-0.4, -0.2) is 38.4 Å². The molecule has 1 N–H and O–H groups in total. The molecule has 0 amide bonds. The average Bonchev–Trinajstić information content (AvgIpc) is 2.48. The van der Waals surface area contributed by atoms with Gasteiger partial charge in [0.05, 0.1) is 15.5 Å². The molecule has 1 heterocycles. The number of nitriles is 1. The highest BCUT2D eigenvalue weighted by Crippen LogP contribution is 2.25. The van der Waals surface area contributed by atoms with E-state index in [4.69, 9.17) is 16.9 Å². The molecule has 1 saturated heterocycles. The van der Waals surface area contributed by atoms with E-state index in [-0.39, 0.29) is 21.5 Å². The molecule has 0 radical (unpaired) electrons. The molecule has 0 bridgehead atoms. The Kier molecular flexibility index (Phi) is 5.22. The number of hydrogen-bond acceptors (Lipinski definition) is 4. The van der Waals surface area contributed by atoms with Crippen molar-refractivity contribution in [1.82, 2.24) is 9.62 Å². The summed E-state index contributed by atoms with van der Waals surface area (Å²) in [5.74, 6) is 0. The Balaban J connectivity index is 2.35. The van der Waals surface area contributed by atoms with Crippen LogP contribution in [0, 0.1) is 11.3 Å². The lowest BCUT2D eigenvalue weighted by molar-refractivity contribution is 0.274. The maximum atomic E-state index is 12.8. The Morgan fingerprint density at radius 3 is 2.81 bits per heavy atom. The van der Waals surface area contributed by atoms with E-state index >= 15 is 0 Å². The van der Waals surface area contributed by atoms with Crippen LogP contribution >= 0.6 is 11.6 Å². The Morgan fingerprint density at radius 2 is 2.29 bits per heavy atom. The van der Waals surface area contributed by atoms with Gasteiger partial charge >= 0.3 is 0 Å². The Bertz CT molecular complexity index is 649. The van der Waals surface area contributed by atoms with Gasteiger partial charge in [0, 0.05) is 19.1 Å². The van der Waals surface area contributed by atoms with Gasteiger partial charge in [-0.1, -0.05) is 18.5 Å². The first-order valence-electron chi connectivity index (χ1n) is 6.93. The molecule has 1 aromatic carbocycles. The van der Waals surface area contributed by atoms with Crippen LogP contribution in [0.15, 0.2) is 23.1 Å². The van der Waals surface area contributed by atoms with Gasteiger partial charge in [0.15, 0.2) is 0 Å². The van der Waals surface area contributed by atoms with E-state index in [2.05, 4.69) is 5.32 Å². The van der Waals surface area contributed by atoms with E-state index in [0.717, 1.165) is 19.4 Å². The van der Waals surface area contributed by atoms with E-state index < -0.39 is 10.0 Å². The van der Waals surface area contributed by atoms with Crippen molar-refractivity contribution in [1.29, 1.82) is 5.26 Å². The number of halogens is 1. The van der Waals surface area contributed by atoms with Gasteiger partial charge < -0.3 is 5.32 Å². The molecule has 0 aromatic heterocycles. The summed E-state index contributed by atoms with van der Waals surface area (Å²) >= 11 is 5.95. The summed E-state index contributed by atoms with van der Waals surface area (Å²) in [4.78, 5) is 0.138. The predicted octanol–water partition coefficient (Wildman–Crippen LogP) is 1.97. The monoisotopic (exact) mass is 327 g/mol. The van der Waals surface area contributed by atoms with Crippen molar-refractivity contribution in [2.45, 2.75) is 30.7 Å². The number of hydrogen-bond donors (Lipinski definition) is 1. The number of sulfonamides is 1. The second-order valence-corrected chi connectivity index (χ2v) is 7.26. The molecule has 2 rings (SSSR count). The third kappa shape index (κ3) is 3.38. The van der Waals surface area contributed by atoms with Gasteiger partial charge in [-0.2, -0.15) is 9.57 Å². The third-order valence-electron chi connectivity index (χ3n) is 3.66. The predicted molar refractivity (Wildman–Crippen MR) is 81.6 cm³/mol. The fourth-order valence-corrected chi connectivity index (χ4v) is 4.56. The van der Waals surface area contributed by atoms with Crippen molar-refractivity contribution in [3.05, 3.63) is 28.8 Å². The number of nitrogens with zero attached hydrogens (tertiary/aromatic N) is 2. The zero-order valence-corrected chi connectivity index (χ0v) is 13.4. The summed E-state index contributed by atoms with van der Waals surface area (Å²) in [6.45, 7) is 3.83.